The molecule has 0 spiro atoms. The third-order valence-corrected chi connectivity index (χ3v) is 4.50. The fraction of sp³-hybridized carbons (Fsp3) is 0.250. The van der Waals surface area contributed by atoms with E-state index in [0.29, 0.717) is 5.69 Å². The smallest absolute Gasteiger partial charge is 0.261 e. The van der Waals surface area contributed by atoms with Crippen molar-refractivity contribution >= 4 is 15.7 Å². The number of nitrogens with one attached hydrogen (secondary N) is 1. The molecule has 0 bridgehead atoms. The molecule has 0 saturated carbocycles. The zero-order valence-corrected chi connectivity index (χ0v) is 12.4. The van der Waals surface area contributed by atoms with E-state index < -0.39 is 10.0 Å². The Balaban J connectivity index is 2.26. The summed E-state index contributed by atoms with van der Waals surface area (Å²) >= 11 is 0. The lowest BCUT2D eigenvalue weighted by Gasteiger charge is -2.12. The van der Waals surface area contributed by atoms with Gasteiger partial charge in [-0.2, -0.15) is 0 Å². The van der Waals surface area contributed by atoms with E-state index in [1.54, 1.807) is 30.3 Å². The van der Waals surface area contributed by atoms with Gasteiger partial charge in [-0.15, -0.1) is 0 Å². The maximum atomic E-state index is 12.3. The highest BCUT2D eigenvalue weighted by atomic mass is 32.2. The second kappa shape index (κ2) is 6.57. The zero-order chi connectivity index (χ0) is 14.4. The summed E-state index contributed by atoms with van der Waals surface area (Å²) in [5.41, 5.74) is 1.71. The first-order chi connectivity index (χ1) is 9.63. The van der Waals surface area contributed by atoms with Gasteiger partial charge in [0.2, 0.25) is 0 Å². The molecule has 2 aromatic carbocycles. The summed E-state index contributed by atoms with van der Waals surface area (Å²) in [5, 5.41) is 0. The van der Waals surface area contributed by atoms with Crippen LogP contribution < -0.4 is 4.72 Å². The lowest BCUT2D eigenvalue weighted by molar-refractivity contribution is 0.601. The molecule has 3 nitrogen and oxygen atoms in total. The van der Waals surface area contributed by atoms with Gasteiger partial charge in [0.05, 0.1) is 10.6 Å². The number of para-hydroxylation sites is 1. The highest BCUT2D eigenvalue weighted by molar-refractivity contribution is 7.92. The highest BCUT2D eigenvalue weighted by Gasteiger charge is 2.14. The van der Waals surface area contributed by atoms with E-state index in [1.165, 1.54) is 0 Å². The molecule has 2 rings (SSSR count). The maximum absolute atomic E-state index is 12.3. The topological polar surface area (TPSA) is 46.2 Å². The number of unbranched alkanes of at least 4 members (excludes halogenated alkanes) is 1. The Morgan fingerprint density at radius 3 is 2.30 bits per heavy atom. The number of benzene rings is 2. The van der Waals surface area contributed by atoms with Crippen molar-refractivity contribution in [3.05, 3.63) is 60.2 Å². The van der Waals surface area contributed by atoms with Crippen LogP contribution in [0.5, 0.6) is 0 Å². The molecule has 0 amide bonds. The number of aryl methyl sites for hydroxylation is 1. The van der Waals surface area contributed by atoms with Crippen LogP contribution >= 0.6 is 0 Å². The summed E-state index contributed by atoms with van der Waals surface area (Å²) in [5.74, 6) is 0. The van der Waals surface area contributed by atoms with E-state index >= 15 is 0 Å². The van der Waals surface area contributed by atoms with Crippen LogP contribution in [0.4, 0.5) is 5.69 Å². The van der Waals surface area contributed by atoms with Crippen molar-refractivity contribution in [2.24, 2.45) is 0 Å². The Morgan fingerprint density at radius 1 is 0.950 bits per heavy atom. The van der Waals surface area contributed by atoms with E-state index in [9.17, 15) is 8.42 Å². The van der Waals surface area contributed by atoms with Gasteiger partial charge in [0.15, 0.2) is 0 Å². The van der Waals surface area contributed by atoms with Crippen molar-refractivity contribution < 1.29 is 8.42 Å². The molecule has 0 aliphatic rings. The molecule has 0 heterocycles. The normalized spacial score (nSPS) is 11.2. The van der Waals surface area contributed by atoms with Crippen LogP contribution in [0.1, 0.15) is 25.3 Å². The third-order valence-electron chi connectivity index (χ3n) is 3.11. The van der Waals surface area contributed by atoms with Crippen molar-refractivity contribution in [3.8, 4) is 0 Å². The lowest BCUT2D eigenvalue weighted by Crippen LogP contribution is -2.14. The summed E-state index contributed by atoms with van der Waals surface area (Å²) in [6.07, 6.45) is 3.01. The van der Waals surface area contributed by atoms with Gasteiger partial charge >= 0.3 is 0 Å². The Bertz CT molecular complexity index is 651. The van der Waals surface area contributed by atoms with Crippen molar-refractivity contribution in [1.82, 2.24) is 0 Å². The largest absolute Gasteiger partial charge is 0.279 e. The van der Waals surface area contributed by atoms with E-state index in [2.05, 4.69) is 11.6 Å². The molecule has 0 radical (unpaired) electrons. The van der Waals surface area contributed by atoms with Gasteiger partial charge in [-0.25, -0.2) is 8.42 Å². The predicted molar refractivity (Wildman–Crippen MR) is 82.3 cm³/mol. The van der Waals surface area contributed by atoms with E-state index in [1.807, 2.05) is 24.3 Å². The molecule has 0 aromatic heterocycles. The predicted octanol–water partition coefficient (Wildman–Crippen LogP) is 3.83. The molecule has 0 fully saturated rings. The van der Waals surface area contributed by atoms with Gasteiger partial charge < -0.3 is 0 Å². The lowest BCUT2D eigenvalue weighted by atomic mass is 10.1. The van der Waals surface area contributed by atoms with Crippen molar-refractivity contribution in [2.75, 3.05) is 4.72 Å². The molecule has 2 aromatic rings. The molecule has 0 unspecified atom stereocenters. The van der Waals surface area contributed by atoms with E-state index in [0.717, 1.165) is 24.8 Å². The van der Waals surface area contributed by atoms with Crippen LogP contribution in [0, 0.1) is 0 Å². The average Bonchev–Trinajstić information content (AvgIpc) is 2.47. The summed E-state index contributed by atoms with van der Waals surface area (Å²) < 4.78 is 27.3. The Labute approximate surface area is 120 Å². The molecule has 106 valence electrons. The number of anilines is 1. The monoisotopic (exact) mass is 289 g/mol. The molecular weight excluding hydrogens is 270 g/mol. The van der Waals surface area contributed by atoms with Gasteiger partial charge in [0, 0.05) is 0 Å². The molecule has 20 heavy (non-hydrogen) atoms. The number of hydrogen-bond donors (Lipinski definition) is 1. The SMILES string of the molecule is CCCCc1ccccc1NS(=O)(=O)c1ccccc1. The van der Waals surface area contributed by atoms with Crippen molar-refractivity contribution in [2.45, 2.75) is 31.1 Å². The first-order valence-electron chi connectivity index (χ1n) is 6.79. The number of rotatable bonds is 6. The quantitative estimate of drug-likeness (QED) is 0.878. The van der Waals surface area contributed by atoms with Crippen LogP contribution in [0.15, 0.2) is 59.5 Å². The van der Waals surface area contributed by atoms with Gasteiger partial charge in [-0.3, -0.25) is 4.72 Å². The van der Waals surface area contributed by atoms with Gasteiger partial charge in [0.1, 0.15) is 0 Å². The zero-order valence-electron chi connectivity index (χ0n) is 11.5. The summed E-state index contributed by atoms with van der Waals surface area (Å²) in [6.45, 7) is 2.12. The van der Waals surface area contributed by atoms with Crippen LogP contribution in [-0.2, 0) is 16.4 Å². The maximum Gasteiger partial charge on any atom is 0.261 e. The van der Waals surface area contributed by atoms with E-state index in [4.69, 9.17) is 0 Å². The molecule has 0 aliphatic carbocycles. The number of hydrogen-bond acceptors (Lipinski definition) is 2. The fourth-order valence-corrected chi connectivity index (χ4v) is 3.13. The summed E-state index contributed by atoms with van der Waals surface area (Å²) in [4.78, 5) is 0.283. The number of sulfonamides is 1. The second-order valence-electron chi connectivity index (χ2n) is 4.68. The average molecular weight is 289 g/mol. The van der Waals surface area contributed by atoms with Crippen molar-refractivity contribution in [3.63, 3.8) is 0 Å². The Kier molecular flexibility index (Phi) is 4.79. The standard InChI is InChI=1S/C16H19NO2S/c1-2-3-9-14-10-7-8-13-16(14)17-20(18,19)15-11-5-4-6-12-15/h4-8,10-13,17H,2-3,9H2,1H3. The van der Waals surface area contributed by atoms with Gasteiger partial charge in [0.25, 0.3) is 10.0 Å². The molecule has 1 N–H and O–H groups in total. The first-order valence-corrected chi connectivity index (χ1v) is 8.27. The van der Waals surface area contributed by atoms with Crippen LogP contribution in [0.3, 0.4) is 0 Å². The second-order valence-corrected chi connectivity index (χ2v) is 6.36. The minimum absolute atomic E-state index is 0.283. The molecule has 4 heteroatoms. The molecular formula is C16H19NO2S. The Hall–Kier alpha value is -1.81. The summed E-state index contributed by atoms with van der Waals surface area (Å²) in [6, 6.07) is 16.0. The van der Waals surface area contributed by atoms with Gasteiger partial charge in [-0.05, 0) is 36.6 Å². The third kappa shape index (κ3) is 3.61. The Morgan fingerprint density at radius 2 is 1.60 bits per heavy atom. The fourth-order valence-electron chi connectivity index (χ4n) is 2.01. The van der Waals surface area contributed by atoms with Gasteiger partial charge in [-0.1, -0.05) is 49.7 Å². The van der Waals surface area contributed by atoms with Crippen LogP contribution in [0.2, 0.25) is 0 Å². The molecule has 0 aliphatic heterocycles. The van der Waals surface area contributed by atoms with Crippen LogP contribution in [-0.4, -0.2) is 8.42 Å². The minimum atomic E-state index is -3.51. The van der Waals surface area contributed by atoms with Crippen molar-refractivity contribution in [1.29, 1.82) is 0 Å². The highest BCUT2D eigenvalue weighted by Crippen LogP contribution is 2.21. The molecule has 0 atom stereocenters. The van der Waals surface area contributed by atoms with Crippen LogP contribution in [0.25, 0.3) is 0 Å². The minimum Gasteiger partial charge on any atom is -0.279 e. The first kappa shape index (κ1) is 14.6. The summed E-state index contributed by atoms with van der Waals surface area (Å²) in [7, 11) is -3.51. The molecule has 0 saturated heterocycles. The van der Waals surface area contributed by atoms with E-state index in [-0.39, 0.29) is 4.90 Å².